The highest BCUT2D eigenvalue weighted by Crippen LogP contribution is 2.58. The molecule has 1 atom stereocenters. The Bertz CT molecular complexity index is 1920. The predicted molar refractivity (Wildman–Crippen MR) is 171 cm³/mol. The number of nitrogens with zero attached hydrogens (tertiary/aromatic N) is 1. The Balaban J connectivity index is 1.35. The monoisotopic (exact) mass is 569 g/mol. The molecule has 3 aliphatic rings. The Morgan fingerprint density at radius 3 is 2.09 bits per heavy atom. The molecule has 8 rings (SSSR count). The van der Waals surface area contributed by atoms with Crippen molar-refractivity contribution in [1.29, 1.82) is 0 Å². The molecular weight excluding hydrogens is 536 g/mol. The molecule has 0 aromatic heterocycles. The summed E-state index contributed by atoms with van der Waals surface area (Å²) in [5.74, 6) is 0.283. The highest BCUT2D eigenvalue weighted by atomic mass is 19.1. The molecule has 0 amide bonds. The van der Waals surface area contributed by atoms with Crippen molar-refractivity contribution in [3.8, 4) is 16.9 Å². The molecular formula is C39H33F2NO. The second kappa shape index (κ2) is 9.54. The smallest absolute Gasteiger partial charge is 0.178 e. The van der Waals surface area contributed by atoms with E-state index < -0.39 is 11.0 Å². The van der Waals surface area contributed by atoms with Crippen LogP contribution in [0.2, 0.25) is 0 Å². The van der Waals surface area contributed by atoms with E-state index in [2.05, 4.69) is 73.4 Å². The summed E-state index contributed by atoms with van der Waals surface area (Å²) in [7, 11) is 0. The Labute approximate surface area is 251 Å². The van der Waals surface area contributed by atoms with Crippen molar-refractivity contribution in [1.82, 2.24) is 0 Å². The van der Waals surface area contributed by atoms with E-state index in [0.29, 0.717) is 0 Å². The van der Waals surface area contributed by atoms with E-state index in [4.69, 9.17) is 4.74 Å². The van der Waals surface area contributed by atoms with Gasteiger partial charge in [0, 0.05) is 46.3 Å². The van der Waals surface area contributed by atoms with Gasteiger partial charge in [0.1, 0.15) is 17.4 Å². The maximum absolute atomic E-state index is 14.6. The highest BCUT2D eigenvalue weighted by molar-refractivity contribution is 6.08. The van der Waals surface area contributed by atoms with Crippen LogP contribution in [0.3, 0.4) is 0 Å². The molecule has 0 saturated carbocycles. The van der Waals surface area contributed by atoms with Crippen molar-refractivity contribution in [2.45, 2.75) is 44.1 Å². The van der Waals surface area contributed by atoms with Crippen LogP contribution in [0.15, 0.2) is 97.1 Å². The van der Waals surface area contributed by atoms with E-state index in [9.17, 15) is 8.78 Å². The van der Waals surface area contributed by atoms with Crippen LogP contribution < -0.4 is 9.64 Å². The van der Waals surface area contributed by atoms with Gasteiger partial charge in [-0.05, 0) is 89.4 Å². The molecule has 0 spiro atoms. The van der Waals surface area contributed by atoms with Crippen LogP contribution in [0.4, 0.5) is 14.5 Å². The van der Waals surface area contributed by atoms with Crippen LogP contribution in [0.1, 0.15) is 60.9 Å². The number of fused-ring (bicyclic) bond motifs is 8. The molecule has 1 unspecified atom stereocenters. The average Bonchev–Trinajstić information content (AvgIpc) is 3.28. The SMILES string of the molecule is CC1(C)c2cc(F)ccc2-c2c1c1c(c3ccccc23)OC(c2ccc(F)cc2)(c2ccc(N3CCCCC3)cc2)C=C1. The van der Waals surface area contributed by atoms with Crippen LogP contribution in [-0.2, 0) is 11.0 Å². The number of benzene rings is 5. The van der Waals surface area contributed by atoms with Crippen molar-refractivity contribution < 1.29 is 13.5 Å². The van der Waals surface area contributed by atoms with Gasteiger partial charge in [-0.25, -0.2) is 8.78 Å². The van der Waals surface area contributed by atoms with Gasteiger partial charge in [0.05, 0.1) is 0 Å². The fourth-order valence-electron chi connectivity index (χ4n) is 7.65. The number of hydrogen-bond acceptors (Lipinski definition) is 2. The van der Waals surface area contributed by atoms with Crippen molar-refractivity contribution >= 4 is 22.5 Å². The first kappa shape index (κ1) is 26.2. The van der Waals surface area contributed by atoms with Gasteiger partial charge in [0.15, 0.2) is 5.60 Å². The van der Waals surface area contributed by atoms with Crippen molar-refractivity contribution in [3.63, 3.8) is 0 Å². The molecule has 4 heteroatoms. The van der Waals surface area contributed by atoms with Gasteiger partial charge in [-0.15, -0.1) is 0 Å². The van der Waals surface area contributed by atoms with Crippen LogP contribution >= 0.6 is 0 Å². The van der Waals surface area contributed by atoms with Gasteiger partial charge in [-0.2, -0.15) is 0 Å². The third-order valence-electron chi connectivity index (χ3n) is 9.79. The number of rotatable bonds is 3. The summed E-state index contributed by atoms with van der Waals surface area (Å²) >= 11 is 0. The Hall–Kier alpha value is -4.44. The molecule has 2 heterocycles. The molecule has 1 fully saturated rings. The van der Waals surface area contributed by atoms with E-state index >= 15 is 0 Å². The maximum Gasteiger partial charge on any atom is 0.178 e. The Kier molecular flexibility index (Phi) is 5.81. The Morgan fingerprint density at radius 2 is 1.37 bits per heavy atom. The summed E-state index contributed by atoms with van der Waals surface area (Å²) in [5.41, 5.74) is 7.02. The zero-order valence-corrected chi connectivity index (χ0v) is 24.5. The summed E-state index contributed by atoms with van der Waals surface area (Å²) in [6.45, 7) is 6.49. The van der Waals surface area contributed by atoms with Crippen LogP contribution in [-0.4, -0.2) is 13.1 Å². The summed E-state index contributed by atoms with van der Waals surface area (Å²) in [5, 5.41) is 2.09. The van der Waals surface area contributed by atoms with Gasteiger partial charge in [-0.3, -0.25) is 0 Å². The molecule has 0 bridgehead atoms. The standard InChI is InChI=1S/C39H33F2NO/c1-38(2)34-24-28(41)16-19-32(34)35-30-8-4-5-9-31(30)37-33(36(35)38)20-21-39(43-37,25-10-14-27(40)15-11-25)26-12-17-29(18-13-26)42-22-6-3-7-23-42/h4-5,8-21,24H,3,6-7,22-23H2,1-2H3. The largest absolute Gasteiger partial charge is 0.472 e. The van der Waals surface area contributed by atoms with E-state index in [-0.39, 0.29) is 11.6 Å². The van der Waals surface area contributed by atoms with Gasteiger partial charge in [0.2, 0.25) is 0 Å². The molecule has 0 radical (unpaired) electrons. The second-order valence-electron chi connectivity index (χ2n) is 12.6. The highest BCUT2D eigenvalue weighted by Gasteiger charge is 2.44. The molecule has 1 aliphatic carbocycles. The molecule has 5 aromatic rings. The van der Waals surface area contributed by atoms with E-state index in [1.165, 1.54) is 37.1 Å². The van der Waals surface area contributed by atoms with Gasteiger partial charge >= 0.3 is 0 Å². The molecule has 2 aliphatic heterocycles. The fourth-order valence-corrected chi connectivity index (χ4v) is 7.65. The number of hydrogen-bond donors (Lipinski definition) is 0. The summed E-state index contributed by atoms with van der Waals surface area (Å²) in [4.78, 5) is 2.45. The van der Waals surface area contributed by atoms with Crippen molar-refractivity contribution in [2.24, 2.45) is 0 Å². The lowest BCUT2D eigenvalue weighted by molar-refractivity contribution is 0.163. The lowest BCUT2D eigenvalue weighted by atomic mass is 9.77. The van der Waals surface area contributed by atoms with E-state index in [1.807, 2.05) is 24.3 Å². The zero-order chi connectivity index (χ0) is 29.3. The summed E-state index contributed by atoms with van der Waals surface area (Å²) in [6, 6.07) is 28.8. The first-order chi connectivity index (χ1) is 20.9. The first-order valence-electron chi connectivity index (χ1n) is 15.3. The number of piperidine rings is 1. The Morgan fingerprint density at radius 1 is 0.721 bits per heavy atom. The molecule has 0 N–H and O–H groups in total. The normalized spacial score (nSPS) is 20.0. The lowest BCUT2D eigenvalue weighted by Gasteiger charge is -2.38. The molecule has 2 nitrogen and oxygen atoms in total. The summed E-state index contributed by atoms with van der Waals surface area (Å²) in [6.07, 6.45) is 8.01. The van der Waals surface area contributed by atoms with Crippen molar-refractivity contribution in [3.05, 3.63) is 137 Å². The maximum atomic E-state index is 14.6. The third kappa shape index (κ3) is 3.89. The van der Waals surface area contributed by atoms with Gasteiger partial charge in [-0.1, -0.05) is 74.5 Å². The first-order valence-corrected chi connectivity index (χ1v) is 15.3. The van der Waals surface area contributed by atoms with Crippen LogP contribution in [0.5, 0.6) is 5.75 Å². The topological polar surface area (TPSA) is 12.5 Å². The average molecular weight is 570 g/mol. The minimum absolute atomic E-state index is 0.229. The number of anilines is 1. The predicted octanol–water partition coefficient (Wildman–Crippen LogP) is 9.76. The van der Waals surface area contributed by atoms with Gasteiger partial charge in [0.25, 0.3) is 0 Å². The van der Waals surface area contributed by atoms with Crippen molar-refractivity contribution in [2.75, 3.05) is 18.0 Å². The third-order valence-corrected chi connectivity index (χ3v) is 9.79. The minimum atomic E-state index is -0.958. The fraction of sp³-hybridized carbons (Fsp3) is 0.231. The number of ether oxygens (including phenoxy) is 1. The molecule has 5 aromatic carbocycles. The second-order valence-corrected chi connectivity index (χ2v) is 12.6. The van der Waals surface area contributed by atoms with Crippen LogP contribution in [0.25, 0.3) is 28.0 Å². The van der Waals surface area contributed by atoms with E-state index in [0.717, 1.165) is 68.6 Å². The van der Waals surface area contributed by atoms with Gasteiger partial charge < -0.3 is 9.64 Å². The molecule has 214 valence electrons. The lowest BCUT2D eigenvalue weighted by Crippen LogP contribution is -2.35. The van der Waals surface area contributed by atoms with Crippen LogP contribution in [0, 0.1) is 11.6 Å². The molecule has 1 saturated heterocycles. The minimum Gasteiger partial charge on any atom is -0.472 e. The summed E-state index contributed by atoms with van der Waals surface area (Å²) < 4.78 is 36.0. The zero-order valence-electron chi connectivity index (χ0n) is 24.5. The number of halogens is 2. The quantitative estimate of drug-likeness (QED) is 0.214. The van der Waals surface area contributed by atoms with E-state index in [1.54, 1.807) is 12.1 Å². The molecule has 43 heavy (non-hydrogen) atoms.